The summed E-state index contributed by atoms with van der Waals surface area (Å²) in [7, 11) is 3.57. The summed E-state index contributed by atoms with van der Waals surface area (Å²) in [6.07, 6.45) is 1.34. The molecular weight excluding hydrogens is 608 g/mol. The number of H-pyrrole nitrogens is 1. The van der Waals surface area contributed by atoms with Crippen molar-refractivity contribution in [2.75, 3.05) is 37.5 Å². The average molecular weight is 645 g/mol. The van der Waals surface area contributed by atoms with Crippen molar-refractivity contribution < 1.29 is 23.8 Å². The topological polar surface area (TPSA) is 131 Å². The van der Waals surface area contributed by atoms with E-state index in [0.717, 1.165) is 44.4 Å². The molecule has 11 nitrogen and oxygen atoms in total. The second-order valence-corrected chi connectivity index (χ2v) is 11.1. The van der Waals surface area contributed by atoms with E-state index >= 15 is 0 Å². The molecule has 0 saturated heterocycles. The predicted molar refractivity (Wildman–Crippen MR) is 186 cm³/mol. The number of nitrogens with one attached hydrogen (secondary N) is 3. The van der Waals surface area contributed by atoms with Crippen LogP contribution in [0.4, 0.5) is 22.2 Å². The van der Waals surface area contributed by atoms with Crippen molar-refractivity contribution in [1.29, 1.82) is 0 Å². The minimum atomic E-state index is -0.978. The van der Waals surface area contributed by atoms with Crippen LogP contribution in [-0.4, -0.2) is 60.4 Å². The van der Waals surface area contributed by atoms with Gasteiger partial charge in [0.1, 0.15) is 30.8 Å². The van der Waals surface area contributed by atoms with Crippen LogP contribution in [0, 0.1) is 0 Å². The first-order chi connectivity index (χ1) is 23.5. The number of nitrogens with zero attached hydrogens (tertiary/aromatic N) is 3. The van der Waals surface area contributed by atoms with Gasteiger partial charge in [-0.25, -0.2) is 14.6 Å². The highest BCUT2D eigenvalue weighted by Gasteiger charge is 2.25. The predicted octanol–water partition coefficient (Wildman–Crippen LogP) is 6.38. The standard InChI is InChI=1S/C37H36N6O5/c1-43(27-16-18-28(46-2)19-17-27)34-30-13-7-9-15-32(30)40-36(42-34)38-20-21-47-35(44)33(22-26-23-39-31-14-8-6-12-29(26)31)41-37(45)48-24-25-10-4-3-5-11-25/h3-19,23,33,39H,20-22,24H2,1-2H3,(H,41,45)(H,38,40,42)/t33-/m0/s1. The molecule has 1 atom stereocenters. The first kappa shape index (κ1) is 31.9. The molecule has 0 spiro atoms. The summed E-state index contributed by atoms with van der Waals surface area (Å²) >= 11 is 0. The molecule has 0 radical (unpaired) electrons. The Morgan fingerprint density at radius 1 is 0.854 bits per heavy atom. The van der Waals surface area contributed by atoms with Gasteiger partial charge in [0.15, 0.2) is 0 Å². The van der Waals surface area contributed by atoms with Crippen LogP contribution in [0.5, 0.6) is 5.75 Å². The number of aromatic amines is 1. The number of carbonyl (C=O) groups excluding carboxylic acids is 2. The van der Waals surface area contributed by atoms with E-state index in [-0.39, 0.29) is 26.2 Å². The van der Waals surface area contributed by atoms with E-state index in [2.05, 4.69) is 20.6 Å². The van der Waals surface area contributed by atoms with E-state index in [1.807, 2.05) is 121 Å². The number of carbonyl (C=O) groups is 2. The maximum Gasteiger partial charge on any atom is 0.408 e. The molecule has 2 heterocycles. The van der Waals surface area contributed by atoms with Gasteiger partial charge < -0.3 is 34.7 Å². The lowest BCUT2D eigenvalue weighted by atomic mass is 10.1. The Kier molecular flexibility index (Phi) is 9.95. The summed E-state index contributed by atoms with van der Waals surface area (Å²) in [5, 5.41) is 7.73. The highest BCUT2D eigenvalue weighted by molar-refractivity contribution is 5.92. The molecular formula is C37H36N6O5. The van der Waals surface area contributed by atoms with Crippen LogP contribution < -0.4 is 20.3 Å². The number of anilines is 3. The molecule has 4 aromatic carbocycles. The molecule has 6 rings (SSSR count). The van der Waals surface area contributed by atoms with Gasteiger partial charge in [-0.1, -0.05) is 60.7 Å². The summed E-state index contributed by atoms with van der Waals surface area (Å²) in [5.41, 5.74) is 4.33. The Bertz CT molecular complexity index is 2000. The van der Waals surface area contributed by atoms with Gasteiger partial charge in [-0.3, -0.25) is 0 Å². The monoisotopic (exact) mass is 644 g/mol. The third-order valence-corrected chi connectivity index (χ3v) is 7.88. The van der Waals surface area contributed by atoms with Gasteiger partial charge in [0.25, 0.3) is 0 Å². The quantitative estimate of drug-likeness (QED) is 0.0968. The van der Waals surface area contributed by atoms with E-state index in [4.69, 9.17) is 19.2 Å². The fourth-order valence-electron chi connectivity index (χ4n) is 5.36. The van der Waals surface area contributed by atoms with Gasteiger partial charge in [-0.05, 0) is 53.6 Å². The van der Waals surface area contributed by atoms with Gasteiger partial charge in [0, 0.05) is 41.6 Å². The maximum absolute atomic E-state index is 13.4. The van der Waals surface area contributed by atoms with Crippen LogP contribution in [0.3, 0.4) is 0 Å². The molecule has 0 aliphatic heterocycles. The molecule has 6 aromatic rings. The minimum Gasteiger partial charge on any atom is -0.497 e. The Balaban J connectivity index is 1.12. The number of amides is 1. The van der Waals surface area contributed by atoms with Crippen molar-refractivity contribution >= 4 is 51.3 Å². The van der Waals surface area contributed by atoms with Crippen LogP contribution in [0.2, 0.25) is 0 Å². The normalized spacial score (nSPS) is 11.5. The van der Waals surface area contributed by atoms with Crippen molar-refractivity contribution in [2.24, 2.45) is 0 Å². The van der Waals surface area contributed by atoms with Crippen LogP contribution in [0.25, 0.3) is 21.8 Å². The highest BCUT2D eigenvalue weighted by atomic mass is 16.6. The first-order valence-corrected chi connectivity index (χ1v) is 15.6. The second kappa shape index (κ2) is 15.0. The van der Waals surface area contributed by atoms with Crippen molar-refractivity contribution in [1.82, 2.24) is 20.3 Å². The molecule has 0 aliphatic carbocycles. The zero-order chi connectivity index (χ0) is 33.3. The van der Waals surface area contributed by atoms with Crippen LogP contribution >= 0.6 is 0 Å². The zero-order valence-corrected chi connectivity index (χ0v) is 26.7. The first-order valence-electron chi connectivity index (χ1n) is 15.6. The minimum absolute atomic E-state index is 0.0177. The smallest absolute Gasteiger partial charge is 0.408 e. The largest absolute Gasteiger partial charge is 0.497 e. The lowest BCUT2D eigenvalue weighted by molar-refractivity contribution is -0.145. The number of methoxy groups -OCH3 is 1. The summed E-state index contributed by atoms with van der Waals surface area (Å²) in [6, 6.07) is 31.6. The molecule has 0 saturated carbocycles. The number of fused-ring (bicyclic) bond motifs is 2. The third-order valence-electron chi connectivity index (χ3n) is 7.88. The maximum atomic E-state index is 13.4. The number of aromatic nitrogens is 3. The van der Waals surface area contributed by atoms with Gasteiger partial charge >= 0.3 is 12.1 Å². The molecule has 0 fully saturated rings. The molecule has 1 amide bonds. The molecule has 2 aromatic heterocycles. The summed E-state index contributed by atoms with van der Waals surface area (Å²) in [4.78, 5) is 40.8. The molecule has 0 aliphatic rings. The van der Waals surface area contributed by atoms with Crippen molar-refractivity contribution in [3.63, 3.8) is 0 Å². The van der Waals surface area contributed by atoms with Crippen LogP contribution in [0.15, 0.2) is 109 Å². The van der Waals surface area contributed by atoms with Crippen molar-refractivity contribution in [3.8, 4) is 5.75 Å². The lowest BCUT2D eigenvalue weighted by Gasteiger charge is -2.21. The van der Waals surface area contributed by atoms with E-state index in [9.17, 15) is 9.59 Å². The molecule has 244 valence electrons. The average Bonchev–Trinajstić information content (AvgIpc) is 3.54. The number of ether oxygens (including phenoxy) is 3. The Morgan fingerprint density at radius 3 is 2.38 bits per heavy atom. The molecule has 3 N–H and O–H groups in total. The van der Waals surface area contributed by atoms with E-state index in [1.54, 1.807) is 7.11 Å². The Labute approximate surface area is 277 Å². The fourth-order valence-corrected chi connectivity index (χ4v) is 5.36. The number of alkyl carbamates (subject to hydrolysis) is 1. The number of hydrogen-bond acceptors (Lipinski definition) is 9. The molecule has 11 heteroatoms. The number of rotatable bonds is 13. The third kappa shape index (κ3) is 7.64. The van der Waals surface area contributed by atoms with Crippen LogP contribution in [-0.2, 0) is 27.3 Å². The number of para-hydroxylation sites is 2. The lowest BCUT2D eigenvalue weighted by Crippen LogP contribution is -2.44. The molecule has 0 unspecified atom stereocenters. The molecule has 0 bridgehead atoms. The second-order valence-electron chi connectivity index (χ2n) is 11.1. The Morgan fingerprint density at radius 2 is 1.58 bits per heavy atom. The summed E-state index contributed by atoms with van der Waals surface area (Å²) in [6.45, 7) is 0.338. The SMILES string of the molecule is COc1ccc(N(C)c2nc(NCCOC(=O)[C@H](Cc3c[nH]c4ccccc34)NC(=O)OCc3ccccc3)nc3ccccc23)cc1. The summed E-state index contributed by atoms with van der Waals surface area (Å²) < 4.78 is 16.4. The van der Waals surface area contributed by atoms with E-state index in [0.29, 0.717) is 11.8 Å². The highest BCUT2D eigenvalue weighted by Crippen LogP contribution is 2.30. The molecule has 48 heavy (non-hydrogen) atoms. The van der Waals surface area contributed by atoms with Gasteiger partial charge in [-0.15, -0.1) is 0 Å². The van der Waals surface area contributed by atoms with Gasteiger partial charge in [0.2, 0.25) is 5.95 Å². The number of benzene rings is 4. The van der Waals surface area contributed by atoms with Gasteiger partial charge in [-0.2, -0.15) is 4.98 Å². The van der Waals surface area contributed by atoms with Crippen LogP contribution in [0.1, 0.15) is 11.1 Å². The fraction of sp³-hybridized carbons (Fsp3) is 0.189. The van der Waals surface area contributed by atoms with Crippen molar-refractivity contribution in [3.05, 3.63) is 120 Å². The van der Waals surface area contributed by atoms with E-state index in [1.165, 1.54) is 0 Å². The zero-order valence-electron chi connectivity index (χ0n) is 26.7. The summed E-state index contributed by atoms with van der Waals surface area (Å²) in [5.74, 6) is 1.28. The van der Waals surface area contributed by atoms with Crippen molar-refractivity contribution in [2.45, 2.75) is 19.1 Å². The number of hydrogen-bond donors (Lipinski definition) is 3. The van der Waals surface area contributed by atoms with E-state index < -0.39 is 18.1 Å². The Hall–Kier alpha value is -6.10. The number of esters is 1. The van der Waals surface area contributed by atoms with Gasteiger partial charge in [0.05, 0.1) is 19.2 Å².